The highest BCUT2D eigenvalue weighted by molar-refractivity contribution is 5.60. The van der Waals surface area contributed by atoms with Crippen molar-refractivity contribution in [3.05, 3.63) is 144 Å². The third-order valence-corrected chi connectivity index (χ3v) is 6.51. The Morgan fingerprint density at radius 3 is 1.14 bits per heavy atom. The number of carbonyl (C=O) groups is 1. The molecule has 188 valence electrons. The molecule has 5 nitrogen and oxygen atoms in total. The number of ether oxygens (including phenoxy) is 4. The molecule has 37 heavy (non-hydrogen) atoms. The fourth-order valence-electron chi connectivity index (χ4n) is 4.52. The molecule has 1 aliphatic rings. The third-order valence-electron chi connectivity index (χ3n) is 6.51. The molecule has 0 bridgehead atoms. The molecule has 5 rings (SSSR count). The number of cyclic esters (lactones) is 2. The number of rotatable bonds is 10. The molecule has 1 saturated heterocycles. The van der Waals surface area contributed by atoms with E-state index in [1.165, 1.54) is 0 Å². The summed E-state index contributed by atoms with van der Waals surface area (Å²) < 4.78 is 23.9. The van der Waals surface area contributed by atoms with Gasteiger partial charge < -0.3 is 18.9 Å². The first-order valence-electron chi connectivity index (χ1n) is 12.5. The molecule has 0 spiro atoms. The quantitative estimate of drug-likeness (QED) is 0.228. The van der Waals surface area contributed by atoms with Gasteiger partial charge in [-0.2, -0.15) is 0 Å². The molecule has 0 aromatic heterocycles. The van der Waals surface area contributed by atoms with Gasteiger partial charge in [0.15, 0.2) is 0 Å². The highest BCUT2D eigenvalue weighted by Gasteiger charge is 2.40. The summed E-state index contributed by atoms with van der Waals surface area (Å²) in [6.45, 7) is 0.868. The molecule has 1 heterocycles. The van der Waals surface area contributed by atoms with E-state index in [1.54, 1.807) is 0 Å². The Balaban J connectivity index is 1.39. The zero-order valence-electron chi connectivity index (χ0n) is 20.6. The molecule has 0 radical (unpaired) electrons. The van der Waals surface area contributed by atoms with E-state index in [9.17, 15) is 4.79 Å². The van der Waals surface area contributed by atoms with Crippen LogP contribution in [0.4, 0.5) is 4.79 Å². The maximum Gasteiger partial charge on any atom is 0.508 e. The predicted molar refractivity (Wildman–Crippen MR) is 141 cm³/mol. The Hall–Kier alpha value is -3.93. The summed E-state index contributed by atoms with van der Waals surface area (Å²) in [6.07, 6.45) is -1.23. The second-order valence-electron chi connectivity index (χ2n) is 9.35. The van der Waals surface area contributed by atoms with Crippen molar-refractivity contribution in [3.8, 4) is 0 Å². The Bertz CT molecular complexity index is 1070. The summed E-state index contributed by atoms with van der Waals surface area (Å²) in [7, 11) is 0. The van der Waals surface area contributed by atoms with Gasteiger partial charge in [0.05, 0.1) is 18.6 Å². The van der Waals surface area contributed by atoms with Crippen LogP contribution in [0.15, 0.2) is 121 Å². The molecule has 0 aliphatic carbocycles. The zero-order chi connectivity index (χ0) is 25.3. The van der Waals surface area contributed by atoms with E-state index in [1.807, 2.05) is 72.8 Å². The summed E-state index contributed by atoms with van der Waals surface area (Å²) in [5.74, 6) is 0. The van der Waals surface area contributed by atoms with Gasteiger partial charge in [-0.05, 0) is 22.3 Å². The van der Waals surface area contributed by atoms with E-state index in [4.69, 9.17) is 18.9 Å². The monoisotopic (exact) mass is 494 g/mol. The molecule has 1 aliphatic heterocycles. The molecule has 1 fully saturated rings. The van der Waals surface area contributed by atoms with Gasteiger partial charge in [0.25, 0.3) is 0 Å². The van der Waals surface area contributed by atoms with Crippen LogP contribution in [0, 0.1) is 5.41 Å². The molecule has 0 saturated carbocycles. The Morgan fingerprint density at radius 2 is 0.838 bits per heavy atom. The first kappa shape index (κ1) is 24.8. The van der Waals surface area contributed by atoms with E-state index in [2.05, 4.69) is 48.5 Å². The lowest BCUT2D eigenvalue weighted by atomic mass is 9.90. The molecule has 4 aromatic carbocycles. The third kappa shape index (κ3) is 6.26. The summed E-state index contributed by atoms with van der Waals surface area (Å²) in [5.41, 5.74) is 3.52. The van der Waals surface area contributed by atoms with Gasteiger partial charge in [-0.25, -0.2) is 4.79 Å². The Morgan fingerprint density at radius 1 is 0.541 bits per heavy atom. The standard InChI is InChI=1S/C32H30O5/c33-31-36-23-32(24-37-31,21-34-29(25-13-5-1-6-14-25)26-15-7-2-8-16-26)22-35-30(27-17-9-3-10-18-27)28-19-11-4-12-20-28/h1-20,29-30H,21-24H2. The summed E-state index contributed by atoms with van der Waals surface area (Å²) >= 11 is 0. The fraction of sp³-hybridized carbons (Fsp3) is 0.219. The van der Waals surface area contributed by atoms with Gasteiger partial charge in [0.2, 0.25) is 0 Å². The Kier molecular flexibility index (Phi) is 7.94. The van der Waals surface area contributed by atoms with E-state index in [-0.39, 0.29) is 38.6 Å². The minimum atomic E-state index is -0.669. The highest BCUT2D eigenvalue weighted by atomic mass is 16.7. The van der Waals surface area contributed by atoms with Gasteiger partial charge >= 0.3 is 6.16 Å². The van der Waals surface area contributed by atoms with Crippen LogP contribution in [-0.4, -0.2) is 32.6 Å². The van der Waals surface area contributed by atoms with E-state index in [0.29, 0.717) is 0 Å². The SMILES string of the molecule is O=C1OCC(COC(c2ccccc2)c2ccccc2)(COC(c2ccccc2)c2ccccc2)CO1. The van der Waals surface area contributed by atoms with Crippen LogP contribution in [0.2, 0.25) is 0 Å². The summed E-state index contributed by atoms with van der Waals surface area (Å²) in [5, 5.41) is 0. The predicted octanol–water partition coefficient (Wildman–Crippen LogP) is 6.75. The maximum absolute atomic E-state index is 11.8. The second-order valence-corrected chi connectivity index (χ2v) is 9.35. The molecule has 0 unspecified atom stereocenters. The van der Waals surface area contributed by atoms with Crippen molar-refractivity contribution in [2.24, 2.45) is 5.41 Å². The average Bonchev–Trinajstić information content (AvgIpc) is 2.97. The minimum Gasteiger partial charge on any atom is -0.433 e. The van der Waals surface area contributed by atoms with E-state index >= 15 is 0 Å². The lowest BCUT2D eigenvalue weighted by Crippen LogP contribution is -2.46. The molecule has 0 atom stereocenters. The maximum atomic E-state index is 11.8. The minimum absolute atomic E-state index is 0.151. The van der Waals surface area contributed by atoms with Crippen LogP contribution in [0.1, 0.15) is 34.5 Å². The van der Waals surface area contributed by atoms with E-state index < -0.39 is 11.6 Å². The highest BCUT2D eigenvalue weighted by Crippen LogP contribution is 2.34. The number of hydrogen-bond acceptors (Lipinski definition) is 5. The molecular weight excluding hydrogens is 464 g/mol. The number of hydrogen-bond donors (Lipinski definition) is 0. The second kappa shape index (κ2) is 11.9. The number of benzene rings is 4. The molecule has 4 aromatic rings. The Labute approximate surface area is 217 Å². The van der Waals surface area contributed by atoms with Crippen LogP contribution in [-0.2, 0) is 18.9 Å². The van der Waals surface area contributed by atoms with Gasteiger partial charge in [-0.3, -0.25) is 0 Å². The molecular formula is C32H30O5. The van der Waals surface area contributed by atoms with Crippen molar-refractivity contribution in [3.63, 3.8) is 0 Å². The summed E-state index contributed by atoms with van der Waals surface area (Å²) in [4.78, 5) is 11.8. The smallest absolute Gasteiger partial charge is 0.433 e. The van der Waals surface area contributed by atoms with Crippen molar-refractivity contribution in [2.45, 2.75) is 12.2 Å². The van der Waals surface area contributed by atoms with Crippen molar-refractivity contribution < 1.29 is 23.7 Å². The first-order valence-corrected chi connectivity index (χ1v) is 12.5. The summed E-state index contributed by atoms with van der Waals surface area (Å²) in [6, 6.07) is 40.4. The number of carbonyl (C=O) groups excluding carboxylic acids is 1. The van der Waals surface area contributed by atoms with Gasteiger partial charge in [0.1, 0.15) is 25.4 Å². The zero-order valence-corrected chi connectivity index (χ0v) is 20.6. The van der Waals surface area contributed by atoms with Crippen LogP contribution in [0.3, 0.4) is 0 Å². The van der Waals surface area contributed by atoms with Gasteiger partial charge in [-0.15, -0.1) is 0 Å². The van der Waals surface area contributed by atoms with Gasteiger partial charge in [-0.1, -0.05) is 121 Å². The van der Waals surface area contributed by atoms with Crippen LogP contribution in [0.25, 0.3) is 0 Å². The lowest BCUT2D eigenvalue weighted by Gasteiger charge is -2.37. The molecule has 0 N–H and O–H groups in total. The van der Waals surface area contributed by atoms with Crippen LogP contribution >= 0.6 is 0 Å². The van der Waals surface area contributed by atoms with Crippen molar-refractivity contribution in [2.75, 3.05) is 26.4 Å². The van der Waals surface area contributed by atoms with Crippen molar-refractivity contribution >= 4 is 6.16 Å². The van der Waals surface area contributed by atoms with Crippen molar-refractivity contribution in [1.29, 1.82) is 0 Å². The van der Waals surface area contributed by atoms with Crippen LogP contribution in [0.5, 0.6) is 0 Å². The largest absolute Gasteiger partial charge is 0.508 e. The van der Waals surface area contributed by atoms with Gasteiger partial charge in [0, 0.05) is 0 Å². The van der Waals surface area contributed by atoms with E-state index in [0.717, 1.165) is 22.3 Å². The molecule has 5 heteroatoms. The molecule has 0 amide bonds. The van der Waals surface area contributed by atoms with Crippen molar-refractivity contribution in [1.82, 2.24) is 0 Å². The lowest BCUT2D eigenvalue weighted by molar-refractivity contribution is -0.138. The fourth-order valence-corrected chi connectivity index (χ4v) is 4.52. The topological polar surface area (TPSA) is 54.0 Å². The first-order chi connectivity index (χ1) is 18.2. The van der Waals surface area contributed by atoms with Crippen LogP contribution < -0.4 is 0 Å². The normalized spacial score (nSPS) is 14.8. The average molecular weight is 495 g/mol.